The summed E-state index contributed by atoms with van der Waals surface area (Å²) in [6, 6.07) is 0. The first-order valence-corrected chi connectivity index (χ1v) is 19.1. The lowest BCUT2D eigenvalue weighted by atomic mass is 10.4. The normalized spacial score (nSPS) is 21.0. The van der Waals surface area contributed by atoms with Crippen LogP contribution in [0, 0.1) is 0 Å². The first-order chi connectivity index (χ1) is 24.0. The summed E-state index contributed by atoms with van der Waals surface area (Å²) in [5.41, 5.74) is 0. The molecule has 0 amide bonds. The highest BCUT2D eigenvalue weighted by Gasteiger charge is 2.38. The molecule has 6 rings (SSSR count). The van der Waals surface area contributed by atoms with Gasteiger partial charge in [0.05, 0.1) is 47.6 Å². The Morgan fingerprint density at radius 3 is 1.47 bits per heavy atom. The maximum absolute atomic E-state index is 13.1. The van der Waals surface area contributed by atoms with Crippen LogP contribution >= 0.6 is 24.0 Å². The van der Waals surface area contributed by atoms with Crippen molar-refractivity contribution in [1.82, 2.24) is 58.1 Å². The number of aromatic nitrogens is 12. The average Bonchev–Trinajstić information content (AvgIpc) is 3.92. The summed E-state index contributed by atoms with van der Waals surface area (Å²) >= 11 is 0. The fourth-order valence-electron chi connectivity index (χ4n) is 4.11. The number of likely N-dealkylation sites (N-methyl/N-ethyl adjacent to an activating group) is 1. The highest BCUT2D eigenvalue weighted by molar-refractivity contribution is 7.55. The summed E-state index contributed by atoms with van der Waals surface area (Å²) in [5, 5.41) is 28.7. The molecule has 0 N–H and O–H groups in total. The summed E-state index contributed by atoms with van der Waals surface area (Å²) in [6.07, 6.45) is 10.0. The predicted octanol–water partition coefficient (Wildman–Crippen LogP) is 2.00. The van der Waals surface area contributed by atoms with Gasteiger partial charge >= 0.3 is 15.4 Å². The van der Waals surface area contributed by atoms with Crippen LogP contribution in [0.5, 0.6) is 0 Å². The summed E-state index contributed by atoms with van der Waals surface area (Å²) in [7, 11) is -1.04. The Kier molecular flexibility index (Phi) is 14.0. The van der Waals surface area contributed by atoms with Crippen LogP contribution in [0.4, 0.5) is 0 Å². The maximum atomic E-state index is 13.1. The zero-order valence-electron chi connectivity index (χ0n) is 29.3. The second kappa shape index (κ2) is 17.5. The number of ether oxygens (including phenoxy) is 4. The van der Waals surface area contributed by atoms with Gasteiger partial charge in [-0.15, -0.1) is 40.8 Å². The van der Waals surface area contributed by atoms with Crippen LogP contribution in [0.25, 0.3) is 0 Å². The van der Waals surface area contributed by atoms with Gasteiger partial charge in [-0.25, -0.2) is 31.0 Å². The van der Waals surface area contributed by atoms with E-state index in [1.54, 1.807) is 0 Å². The minimum Gasteiger partial charge on any atom is -0.348 e. The monoisotopic (exact) mass is 778 g/mol. The van der Waals surface area contributed by atoms with Gasteiger partial charge in [-0.3, -0.25) is 13.6 Å². The van der Waals surface area contributed by atoms with Gasteiger partial charge in [0.25, 0.3) is 8.61 Å². The molecule has 0 saturated carbocycles. The third kappa shape index (κ3) is 12.5. The van der Waals surface area contributed by atoms with E-state index >= 15 is 0 Å². The van der Waals surface area contributed by atoms with Gasteiger partial charge < -0.3 is 23.4 Å². The summed E-state index contributed by atoms with van der Waals surface area (Å²) in [5.74, 6) is -1.32. The van der Waals surface area contributed by atoms with E-state index < -0.39 is 27.0 Å². The molecule has 3 atom stereocenters. The fourth-order valence-corrected chi connectivity index (χ4v) is 7.21. The minimum atomic E-state index is -3.56. The zero-order valence-corrected chi connectivity index (χ0v) is 31.9. The molecule has 26 heteroatoms. The smallest absolute Gasteiger partial charge is 0.348 e. The molecule has 0 radical (unpaired) electrons. The highest BCUT2D eigenvalue weighted by atomic mass is 31.2. The molecular weight excluding hydrogens is 735 g/mol. The molecule has 2 aliphatic heterocycles. The van der Waals surface area contributed by atoms with Crippen LogP contribution in [-0.2, 0) is 46.2 Å². The van der Waals surface area contributed by atoms with Crippen molar-refractivity contribution in [3.05, 3.63) is 50.6 Å². The van der Waals surface area contributed by atoms with Gasteiger partial charge in [-0.05, 0) is 27.7 Å². The third-order valence-electron chi connectivity index (χ3n) is 6.59. The molecule has 2 fully saturated rings. The standard InChI is InChI=1S/C13H26N4O5P.C10H15N6O4P.C2H2N3OP/c1-13(2)19-8-12(22-13)9-21-23(18,16-10-14-15-11-16)20-7-6-17(3,4)5;1-10(2)18-3-9(20-10)4-19-21(17,15-5-11-12-6-15)16-7-13-14-8-16;6-7-5-1-3-4-2-5/h10-12H,6-9H2,1-5H3;5-9H,3-4H2,1-2H3;1-2H/q+1;;. The van der Waals surface area contributed by atoms with E-state index in [0.29, 0.717) is 24.2 Å². The fraction of sp³-hybridized carbons (Fsp3) is 0.680. The van der Waals surface area contributed by atoms with E-state index in [4.69, 9.17) is 32.5 Å². The Labute approximate surface area is 295 Å². The molecule has 6 heterocycles. The lowest BCUT2D eigenvalue weighted by molar-refractivity contribution is -0.870. The van der Waals surface area contributed by atoms with Crippen molar-refractivity contribution < 1.29 is 50.7 Å². The molecule has 2 saturated heterocycles. The summed E-state index contributed by atoms with van der Waals surface area (Å²) in [6.45, 7) is 9.19. The first-order valence-electron chi connectivity index (χ1n) is 15.3. The van der Waals surface area contributed by atoms with Crippen LogP contribution < -0.4 is 0 Å². The molecule has 282 valence electrons. The van der Waals surface area contributed by atoms with Crippen LogP contribution in [0.3, 0.4) is 0 Å². The van der Waals surface area contributed by atoms with E-state index in [1.807, 2.05) is 48.8 Å². The van der Waals surface area contributed by atoms with Crippen molar-refractivity contribution in [3.8, 4) is 0 Å². The predicted molar refractivity (Wildman–Crippen MR) is 175 cm³/mol. The first kappa shape index (κ1) is 40.6. The Bertz CT molecular complexity index is 1650. The van der Waals surface area contributed by atoms with Gasteiger partial charge in [0.2, 0.25) is 0 Å². The summed E-state index contributed by atoms with van der Waals surface area (Å²) < 4.78 is 80.8. The lowest BCUT2D eigenvalue weighted by Gasteiger charge is -2.25. The van der Waals surface area contributed by atoms with Gasteiger partial charge in [-0.1, -0.05) is 0 Å². The van der Waals surface area contributed by atoms with Crippen molar-refractivity contribution >= 4 is 24.0 Å². The second-order valence-corrected chi connectivity index (χ2v) is 17.5. The number of nitrogens with zero attached hydrogens (tertiary/aromatic N) is 13. The minimum absolute atomic E-state index is 0.0934. The van der Waals surface area contributed by atoms with Crippen molar-refractivity contribution in [2.45, 2.75) is 51.5 Å². The van der Waals surface area contributed by atoms with E-state index in [0.717, 1.165) is 0 Å². The van der Waals surface area contributed by atoms with Gasteiger partial charge in [0.15, 0.2) is 11.6 Å². The molecule has 51 heavy (non-hydrogen) atoms. The van der Waals surface area contributed by atoms with E-state index in [9.17, 15) is 13.7 Å². The van der Waals surface area contributed by atoms with Crippen molar-refractivity contribution in [1.29, 1.82) is 0 Å². The Hall–Kier alpha value is -3.20. The van der Waals surface area contributed by atoms with Crippen LogP contribution in [0.15, 0.2) is 50.6 Å². The Morgan fingerprint density at radius 1 is 0.686 bits per heavy atom. The summed E-state index contributed by atoms with van der Waals surface area (Å²) in [4.78, 5) is 0. The lowest BCUT2D eigenvalue weighted by Crippen LogP contribution is -2.37. The van der Waals surface area contributed by atoms with Crippen molar-refractivity contribution in [3.63, 3.8) is 0 Å². The molecule has 3 unspecified atom stereocenters. The SMILES string of the molecule is CC1(C)OCC(COP(=O)(OCC[N+](C)(C)C)n2cnnc2)O1.CC1(C)OCC(COP(=O)(n2cnnc2)n2cnnc2)O1.O=Pn1cnnc1. The van der Waals surface area contributed by atoms with Crippen LogP contribution in [-0.4, -0.2) is 147 Å². The molecule has 0 aromatic carbocycles. The van der Waals surface area contributed by atoms with E-state index in [1.165, 1.54) is 68.0 Å². The van der Waals surface area contributed by atoms with E-state index in [2.05, 4.69) is 40.8 Å². The topological polar surface area (TPSA) is 239 Å². The molecule has 0 spiro atoms. The molecule has 4 aromatic rings. The van der Waals surface area contributed by atoms with Gasteiger partial charge in [-0.2, -0.15) is 0 Å². The molecule has 4 aromatic heterocycles. The Balaban J connectivity index is 0.000000193. The molecule has 0 bridgehead atoms. The van der Waals surface area contributed by atoms with Crippen molar-refractivity contribution in [2.75, 3.05) is 60.7 Å². The number of rotatable bonds is 14. The molecule has 0 aliphatic carbocycles. The largest absolute Gasteiger partial charge is 0.441 e. The molecular formula is C25H43N13O10P3+. The number of quaternary nitrogens is 1. The number of hydrogen-bond donors (Lipinski definition) is 0. The number of hydrogen-bond acceptors (Lipinski definition) is 18. The van der Waals surface area contributed by atoms with Gasteiger partial charge in [0, 0.05) is 0 Å². The molecule has 2 aliphatic rings. The average molecular weight is 779 g/mol. The molecule has 23 nitrogen and oxygen atoms in total. The maximum Gasteiger partial charge on any atom is 0.441 e. The van der Waals surface area contributed by atoms with Crippen LogP contribution in [0.1, 0.15) is 27.7 Å². The quantitative estimate of drug-likeness (QED) is 0.131. The highest BCUT2D eigenvalue weighted by Crippen LogP contribution is 2.50. The van der Waals surface area contributed by atoms with Gasteiger partial charge in [0.1, 0.15) is 76.0 Å². The zero-order chi connectivity index (χ0) is 37.2. The van der Waals surface area contributed by atoms with E-state index in [-0.39, 0.29) is 40.6 Å². The third-order valence-corrected chi connectivity index (χ3v) is 10.8. The Morgan fingerprint density at radius 2 is 1.10 bits per heavy atom. The van der Waals surface area contributed by atoms with Crippen LogP contribution in [0.2, 0.25) is 0 Å². The van der Waals surface area contributed by atoms with Crippen molar-refractivity contribution in [2.24, 2.45) is 0 Å². The second-order valence-electron chi connectivity index (χ2n) is 12.7.